The predicted octanol–water partition coefficient (Wildman–Crippen LogP) is 2.93. The summed E-state index contributed by atoms with van der Waals surface area (Å²) >= 11 is 0. The van der Waals surface area contributed by atoms with Crippen molar-refractivity contribution in [2.45, 2.75) is 38.3 Å². The van der Waals surface area contributed by atoms with Crippen LogP contribution in [0.3, 0.4) is 0 Å². The standard InChI is InChI=1S/C15H23NO/c1-4-11-5-7-12(8-6-11)14(16-2)15(17-3)13-9-10-13/h5-8,13-16H,4,9-10H2,1-3H3. The molecule has 17 heavy (non-hydrogen) atoms. The predicted molar refractivity (Wildman–Crippen MR) is 71.1 cm³/mol. The maximum absolute atomic E-state index is 5.68. The number of benzene rings is 1. The van der Waals surface area contributed by atoms with Gasteiger partial charge in [0.25, 0.3) is 0 Å². The molecule has 0 aliphatic heterocycles. The van der Waals surface area contributed by atoms with E-state index in [1.165, 1.54) is 24.0 Å². The number of rotatable bonds is 6. The van der Waals surface area contributed by atoms with Crippen molar-refractivity contribution >= 4 is 0 Å². The highest BCUT2D eigenvalue weighted by Gasteiger charge is 2.36. The molecule has 1 N–H and O–H groups in total. The number of nitrogens with one attached hydrogen (secondary N) is 1. The Bertz CT molecular complexity index is 342. The third-order valence-corrected chi connectivity index (χ3v) is 3.75. The van der Waals surface area contributed by atoms with E-state index in [1.54, 1.807) is 0 Å². The van der Waals surface area contributed by atoms with Crippen LogP contribution in [0.25, 0.3) is 0 Å². The quantitative estimate of drug-likeness (QED) is 0.815. The Balaban J connectivity index is 2.14. The van der Waals surface area contributed by atoms with Crippen LogP contribution < -0.4 is 5.32 Å². The zero-order chi connectivity index (χ0) is 12.3. The SMILES string of the molecule is CCc1ccc(C(NC)C(OC)C2CC2)cc1. The van der Waals surface area contributed by atoms with Crippen LogP contribution in [-0.4, -0.2) is 20.3 Å². The number of aryl methyl sites for hydroxylation is 1. The van der Waals surface area contributed by atoms with Gasteiger partial charge < -0.3 is 10.1 Å². The minimum absolute atomic E-state index is 0.312. The van der Waals surface area contributed by atoms with E-state index in [4.69, 9.17) is 4.74 Å². The summed E-state index contributed by atoms with van der Waals surface area (Å²) < 4.78 is 5.68. The third kappa shape index (κ3) is 2.88. The van der Waals surface area contributed by atoms with Crippen LogP contribution in [0.2, 0.25) is 0 Å². The van der Waals surface area contributed by atoms with Crippen molar-refractivity contribution in [3.8, 4) is 0 Å². The summed E-state index contributed by atoms with van der Waals surface area (Å²) in [4.78, 5) is 0. The fourth-order valence-electron chi connectivity index (χ4n) is 2.51. The van der Waals surface area contributed by atoms with Crippen molar-refractivity contribution in [2.75, 3.05) is 14.2 Å². The summed E-state index contributed by atoms with van der Waals surface area (Å²) in [7, 11) is 3.85. The van der Waals surface area contributed by atoms with Gasteiger partial charge in [-0.25, -0.2) is 0 Å². The van der Waals surface area contributed by atoms with Gasteiger partial charge in [0.05, 0.1) is 12.1 Å². The van der Waals surface area contributed by atoms with E-state index < -0.39 is 0 Å². The molecule has 2 atom stereocenters. The first-order valence-electron chi connectivity index (χ1n) is 6.59. The van der Waals surface area contributed by atoms with E-state index >= 15 is 0 Å². The van der Waals surface area contributed by atoms with Gasteiger partial charge in [-0.2, -0.15) is 0 Å². The lowest BCUT2D eigenvalue weighted by molar-refractivity contribution is 0.0530. The molecule has 2 heteroatoms. The number of methoxy groups -OCH3 is 1. The largest absolute Gasteiger partial charge is 0.379 e. The van der Waals surface area contributed by atoms with Gasteiger partial charge >= 0.3 is 0 Å². The third-order valence-electron chi connectivity index (χ3n) is 3.75. The van der Waals surface area contributed by atoms with E-state index in [1.807, 2.05) is 14.2 Å². The molecule has 0 spiro atoms. The molecule has 0 saturated heterocycles. The molecule has 2 nitrogen and oxygen atoms in total. The Morgan fingerprint density at radius 1 is 1.29 bits per heavy atom. The normalized spacial score (nSPS) is 19.0. The lowest BCUT2D eigenvalue weighted by atomic mass is 9.97. The monoisotopic (exact) mass is 233 g/mol. The fraction of sp³-hybridized carbons (Fsp3) is 0.600. The zero-order valence-electron chi connectivity index (χ0n) is 11.1. The molecule has 0 aromatic heterocycles. The molecule has 2 unspecified atom stereocenters. The molecular formula is C15H23NO. The Morgan fingerprint density at radius 2 is 1.94 bits per heavy atom. The molecule has 1 saturated carbocycles. The maximum atomic E-state index is 5.68. The second kappa shape index (κ2) is 5.65. The molecule has 2 rings (SSSR count). The van der Waals surface area contributed by atoms with Crippen LogP contribution in [0.5, 0.6) is 0 Å². The van der Waals surface area contributed by atoms with Gasteiger partial charge in [0.15, 0.2) is 0 Å². The first-order valence-corrected chi connectivity index (χ1v) is 6.59. The molecule has 0 amide bonds. The van der Waals surface area contributed by atoms with Crippen molar-refractivity contribution < 1.29 is 4.74 Å². The highest BCUT2D eigenvalue weighted by atomic mass is 16.5. The van der Waals surface area contributed by atoms with Crippen LogP contribution in [0.4, 0.5) is 0 Å². The summed E-state index contributed by atoms with van der Waals surface area (Å²) in [5.74, 6) is 0.739. The molecule has 1 aromatic rings. The van der Waals surface area contributed by atoms with Crippen LogP contribution in [0.15, 0.2) is 24.3 Å². The van der Waals surface area contributed by atoms with Crippen molar-refractivity contribution in [3.63, 3.8) is 0 Å². The number of hydrogen-bond donors (Lipinski definition) is 1. The Morgan fingerprint density at radius 3 is 2.35 bits per heavy atom. The molecule has 1 aromatic carbocycles. The molecule has 0 bridgehead atoms. The van der Waals surface area contributed by atoms with E-state index in [-0.39, 0.29) is 0 Å². The minimum Gasteiger partial charge on any atom is -0.379 e. The fourth-order valence-corrected chi connectivity index (χ4v) is 2.51. The van der Waals surface area contributed by atoms with Gasteiger partial charge in [-0.15, -0.1) is 0 Å². The van der Waals surface area contributed by atoms with Gasteiger partial charge in [0.2, 0.25) is 0 Å². The van der Waals surface area contributed by atoms with Crippen LogP contribution in [0, 0.1) is 5.92 Å². The molecule has 1 fully saturated rings. The first-order chi connectivity index (χ1) is 8.30. The Kier molecular flexibility index (Phi) is 4.19. The summed E-state index contributed by atoms with van der Waals surface area (Å²) in [6.45, 7) is 2.19. The summed E-state index contributed by atoms with van der Waals surface area (Å²) in [5.41, 5.74) is 2.73. The zero-order valence-corrected chi connectivity index (χ0v) is 11.1. The molecular weight excluding hydrogens is 210 g/mol. The Hall–Kier alpha value is -0.860. The molecule has 94 valence electrons. The van der Waals surface area contributed by atoms with Crippen molar-refractivity contribution in [1.82, 2.24) is 5.32 Å². The van der Waals surface area contributed by atoms with E-state index in [0.29, 0.717) is 12.1 Å². The second-order valence-electron chi connectivity index (χ2n) is 4.90. The molecule has 1 aliphatic rings. The van der Waals surface area contributed by atoms with E-state index in [9.17, 15) is 0 Å². The van der Waals surface area contributed by atoms with Crippen molar-refractivity contribution in [1.29, 1.82) is 0 Å². The first kappa shape index (κ1) is 12.6. The lowest BCUT2D eigenvalue weighted by Crippen LogP contribution is -2.32. The van der Waals surface area contributed by atoms with Crippen LogP contribution in [-0.2, 0) is 11.2 Å². The maximum Gasteiger partial charge on any atom is 0.0793 e. The minimum atomic E-state index is 0.312. The van der Waals surface area contributed by atoms with Crippen molar-refractivity contribution in [3.05, 3.63) is 35.4 Å². The van der Waals surface area contributed by atoms with E-state index in [2.05, 4.69) is 36.5 Å². The van der Waals surface area contributed by atoms with Gasteiger partial charge in [-0.3, -0.25) is 0 Å². The highest BCUT2D eigenvalue weighted by Crippen LogP contribution is 2.39. The van der Waals surface area contributed by atoms with Gasteiger partial charge in [0, 0.05) is 7.11 Å². The summed E-state index contributed by atoms with van der Waals surface area (Å²) in [6.07, 6.45) is 4.03. The van der Waals surface area contributed by atoms with Gasteiger partial charge in [0.1, 0.15) is 0 Å². The molecule has 0 radical (unpaired) electrons. The van der Waals surface area contributed by atoms with E-state index in [0.717, 1.165) is 12.3 Å². The number of likely N-dealkylation sites (N-methyl/N-ethyl adjacent to an activating group) is 1. The number of hydrogen-bond acceptors (Lipinski definition) is 2. The van der Waals surface area contributed by atoms with Crippen LogP contribution >= 0.6 is 0 Å². The lowest BCUT2D eigenvalue weighted by Gasteiger charge is -2.26. The average molecular weight is 233 g/mol. The summed E-state index contributed by atoms with van der Waals surface area (Å²) in [5, 5.41) is 3.40. The van der Waals surface area contributed by atoms with Crippen molar-refractivity contribution in [2.24, 2.45) is 5.92 Å². The average Bonchev–Trinajstić information content (AvgIpc) is 3.20. The molecule has 1 aliphatic carbocycles. The molecule has 0 heterocycles. The topological polar surface area (TPSA) is 21.3 Å². The summed E-state index contributed by atoms with van der Waals surface area (Å²) in [6, 6.07) is 9.22. The van der Waals surface area contributed by atoms with Gasteiger partial charge in [-0.05, 0) is 43.4 Å². The van der Waals surface area contributed by atoms with Gasteiger partial charge in [-0.1, -0.05) is 31.2 Å². The highest BCUT2D eigenvalue weighted by molar-refractivity contribution is 5.26. The number of ether oxygens (including phenoxy) is 1. The Labute approximate surface area is 104 Å². The second-order valence-corrected chi connectivity index (χ2v) is 4.90. The smallest absolute Gasteiger partial charge is 0.0793 e. The van der Waals surface area contributed by atoms with Crippen LogP contribution in [0.1, 0.15) is 36.9 Å².